The summed E-state index contributed by atoms with van der Waals surface area (Å²) < 4.78 is 18.1. The Morgan fingerprint density at radius 2 is 1.97 bits per heavy atom. The molecular weight excluding hydrogens is 450 g/mol. The average molecular weight is 484 g/mol. The molecule has 34 heavy (non-hydrogen) atoms. The van der Waals surface area contributed by atoms with Crippen molar-refractivity contribution in [2.75, 3.05) is 57.5 Å². The van der Waals surface area contributed by atoms with Crippen LogP contribution in [-0.4, -0.2) is 68.4 Å². The molecule has 0 N–H and O–H groups in total. The van der Waals surface area contributed by atoms with Gasteiger partial charge in [0.2, 0.25) is 0 Å². The molecule has 1 amide bonds. The van der Waals surface area contributed by atoms with E-state index in [0.717, 1.165) is 67.4 Å². The summed E-state index contributed by atoms with van der Waals surface area (Å²) in [5, 5.41) is 0.678. The molecule has 7 nitrogen and oxygen atoms in total. The van der Waals surface area contributed by atoms with Crippen LogP contribution in [0.4, 0.5) is 5.13 Å². The van der Waals surface area contributed by atoms with Gasteiger partial charge in [0.15, 0.2) is 5.13 Å². The molecule has 0 bridgehead atoms. The number of ether oxygens (including phenoxy) is 3. The van der Waals surface area contributed by atoms with Gasteiger partial charge >= 0.3 is 0 Å². The van der Waals surface area contributed by atoms with Gasteiger partial charge < -0.3 is 14.2 Å². The van der Waals surface area contributed by atoms with Crippen molar-refractivity contribution >= 4 is 32.6 Å². The highest BCUT2D eigenvalue weighted by atomic mass is 32.1. The molecule has 1 aliphatic rings. The lowest BCUT2D eigenvalue weighted by Gasteiger charge is -2.29. The first-order chi connectivity index (χ1) is 16.7. The Kier molecular flexibility index (Phi) is 8.73. The van der Waals surface area contributed by atoms with Gasteiger partial charge in [-0.2, -0.15) is 0 Å². The van der Waals surface area contributed by atoms with Gasteiger partial charge in [0.05, 0.1) is 31.1 Å². The molecular formula is C26H33N3O4S. The number of carbonyl (C=O) groups excluding carboxylic acids is 1. The maximum Gasteiger partial charge on any atom is 0.260 e. The summed E-state index contributed by atoms with van der Waals surface area (Å²) in [5.41, 5.74) is 1.39. The van der Waals surface area contributed by atoms with E-state index in [9.17, 15) is 4.79 Å². The first kappa shape index (κ1) is 24.4. The van der Waals surface area contributed by atoms with Gasteiger partial charge in [-0.15, -0.1) is 0 Å². The summed E-state index contributed by atoms with van der Waals surface area (Å²) in [6.45, 7) is 9.80. The normalized spacial score (nSPS) is 14.3. The van der Waals surface area contributed by atoms with Crippen molar-refractivity contribution in [2.45, 2.75) is 26.7 Å². The molecule has 4 rings (SSSR count). The number of rotatable bonds is 11. The number of thiazole rings is 1. The Hall–Kier alpha value is -2.68. The molecule has 182 valence electrons. The minimum absolute atomic E-state index is 0.0776. The van der Waals surface area contributed by atoms with Crippen LogP contribution in [-0.2, 0) is 4.74 Å². The van der Waals surface area contributed by atoms with Gasteiger partial charge in [0.25, 0.3) is 5.91 Å². The van der Waals surface area contributed by atoms with Crippen LogP contribution in [0.3, 0.4) is 0 Å². The summed E-state index contributed by atoms with van der Waals surface area (Å²) >= 11 is 1.52. The molecule has 3 aromatic rings. The molecule has 8 heteroatoms. The van der Waals surface area contributed by atoms with E-state index in [4.69, 9.17) is 19.2 Å². The quantitative estimate of drug-likeness (QED) is 0.363. The number of benzene rings is 2. The van der Waals surface area contributed by atoms with Crippen LogP contribution in [0.5, 0.6) is 11.5 Å². The molecule has 2 heterocycles. The summed E-state index contributed by atoms with van der Waals surface area (Å²) in [4.78, 5) is 22.7. The Morgan fingerprint density at radius 3 is 2.76 bits per heavy atom. The zero-order valence-corrected chi connectivity index (χ0v) is 20.8. The second-order valence-electron chi connectivity index (χ2n) is 8.17. The molecule has 2 aromatic carbocycles. The van der Waals surface area contributed by atoms with Crippen molar-refractivity contribution in [3.8, 4) is 11.5 Å². The van der Waals surface area contributed by atoms with Crippen molar-refractivity contribution in [3.05, 3.63) is 48.0 Å². The highest BCUT2D eigenvalue weighted by molar-refractivity contribution is 7.22. The Balaban J connectivity index is 1.61. The van der Waals surface area contributed by atoms with Gasteiger partial charge in [-0.25, -0.2) is 4.98 Å². The smallest absolute Gasteiger partial charge is 0.260 e. The highest BCUT2D eigenvalue weighted by Crippen LogP contribution is 2.35. The number of hydrogen-bond acceptors (Lipinski definition) is 7. The number of amides is 1. The van der Waals surface area contributed by atoms with Crippen LogP contribution in [0, 0.1) is 0 Å². The third kappa shape index (κ3) is 6.05. The van der Waals surface area contributed by atoms with E-state index in [-0.39, 0.29) is 5.91 Å². The minimum atomic E-state index is -0.0776. The maximum absolute atomic E-state index is 13.8. The Bertz CT molecular complexity index is 1080. The monoisotopic (exact) mass is 483 g/mol. The first-order valence-corrected chi connectivity index (χ1v) is 12.9. The summed E-state index contributed by atoms with van der Waals surface area (Å²) in [5.74, 6) is 1.39. The van der Waals surface area contributed by atoms with Crippen molar-refractivity contribution < 1.29 is 19.0 Å². The van der Waals surface area contributed by atoms with E-state index >= 15 is 0 Å². The third-order valence-electron chi connectivity index (χ3n) is 5.74. The SMILES string of the molecule is CCCCOc1cccc(C(=O)N(CCN2CCOCC2)c2nc3c(OCC)cccc3s2)c1. The van der Waals surface area contributed by atoms with E-state index in [1.807, 2.05) is 49.4 Å². The second kappa shape index (κ2) is 12.1. The fourth-order valence-corrected chi connectivity index (χ4v) is 4.87. The molecule has 0 saturated carbocycles. The highest BCUT2D eigenvalue weighted by Gasteiger charge is 2.24. The van der Waals surface area contributed by atoms with Crippen LogP contribution in [0.1, 0.15) is 37.0 Å². The zero-order chi connectivity index (χ0) is 23.8. The van der Waals surface area contributed by atoms with Crippen LogP contribution in [0.2, 0.25) is 0 Å². The van der Waals surface area contributed by atoms with Gasteiger partial charge in [-0.3, -0.25) is 14.6 Å². The lowest BCUT2D eigenvalue weighted by molar-refractivity contribution is 0.0391. The Labute approximate surface area is 205 Å². The van der Waals surface area contributed by atoms with E-state index < -0.39 is 0 Å². The summed E-state index contributed by atoms with van der Waals surface area (Å²) in [6, 6.07) is 13.4. The third-order valence-corrected chi connectivity index (χ3v) is 6.78. The number of hydrogen-bond donors (Lipinski definition) is 0. The molecule has 1 fully saturated rings. The predicted octanol–water partition coefficient (Wildman–Crippen LogP) is 4.85. The second-order valence-corrected chi connectivity index (χ2v) is 9.18. The molecule has 0 unspecified atom stereocenters. The van der Waals surface area contributed by atoms with Gasteiger partial charge in [-0.1, -0.05) is 36.8 Å². The van der Waals surface area contributed by atoms with Gasteiger partial charge in [0, 0.05) is 31.7 Å². The molecule has 1 aliphatic heterocycles. The van der Waals surface area contributed by atoms with Gasteiger partial charge in [0.1, 0.15) is 17.0 Å². The van der Waals surface area contributed by atoms with E-state index in [0.29, 0.717) is 30.5 Å². The number of carbonyl (C=O) groups is 1. The molecule has 0 atom stereocenters. The standard InChI is InChI=1S/C26H33N3O4S/c1-3-5-16-33-21-9-6-8-20(19-21)25(30)29(13-12-28-14-17-31-18-15-28)26-27-24-22(32-4-2)10-7-11-23(24)34-26/h6-11,19H,3-5,12-18H2,1-2H3. The average Bonchev–Trinajstić information content (AvgIpc) is 3.30. The minimum Gasteiger partial charge on any atom is -0.494 e. The predicted molar refractivity (Wildman–Crippen MR) is 137 cm³/mol. The zero-order valence-electron chi connectivity index (χ0n) is 20.0. The fourth-order valence-electron chi connectivity index (χ4n) is 3.86. The molecule has 0 aliphatic carbocycles. The molecule has 0 spiro atoms. The van der Waals surface area contributed by atoms with Crippen LogP contribution in [0.15, 0.2) is 42.5 Å². The van der Waals surface area contributed by atoms with Crippen LogP contribution in [0.25, 0.3) is 10.2 Å². The van der Waals surface area contributed by atoms with Crippen molar-refractivity contribution in [3.63, 3.8) is 0 Å². The number of morpholine rings is 1. The number of fused-ring (bicyclic) bond motifs is 1. The lowest BCUT2D eigenvalue weighted by atomic mass is 10.2. The summed E-state index contributed by atoms with van der Waals surface area (Å²) in [6.07, 6.45) is 2.05. The Morgan fingerprint density at radius 1 is 1.15 bits per heavy atom. The van der Waals surface area contributed by atoms with Gasteiger partial charge in [-0.05, 0) is 43.7 Å². The largest absolute Gasteiger partial charge is 0.494 e. The van der Waals surface area contributed by atoms with Crippen molar-refractivity contribution in [2.24, 2.45) is 0 Å². The number of para-hydroxylation sites is 1. The fraction of sp³-hybridized carbons (Fsp3) is 0.462. The number of anilines is 1. The molecule has 0 radical (unpaired) electrons. The topological polar surface area (TPSA) is 64.1 Å². The summed E-state index contributed by atoms with van der Waals surface area (Å²) in [7, 11) is 0. The number of nitrogens with zero attached hydrogens (tertiary/aromatic N) is 3. The van der Waals surface area contributed by atoms with Crippen LogP contribution >= 0.6 is 11.3 Å². The molecule has 1 saturated heterocycles. The number of unbranched alkanes of at least 4 members (excludes halogenated alkanes) is 1. The van der Waals surface area contributed by atoms with E-state index in [1.54, 1.807) is 4.90 Å². The first-order valence-electron chi connectivity index (χ1n) is 12.1. The van der Waals surface area contributed by atoms with E-state index in [1.165, 1.54) is 11.3 Å². The van der Waals surface area contributed by atoms with E-state index in [2.05, 4.69) is 11.8 Å². The number of aromatic nitrogens is 1. The molecule has 1 aromatic heterocycles. The van der Waals surface area contributed by atoms with Crippen LogP contribution < -0.4 is 14.4 Å². The van der Waals surface area contributed by atoms with Crippen molar-refractivity contribution in [1.29, 1.82) is 0 Å². The lowest BCUT2D eigenvalue weighted by Crippen LogP contribution is -2.43. The maximum atomic E-state index is 13.8. The van der Waals surface area contributed by atoms with Crippen molar-refractivity contribution in [1.82, 2.24) is 9.88 Å².